The Hall–Kier alpha value is -3.41. The van der Waals surface area contributed by atoms with E-state index in [-0.39, 0.29) is 33.5 Å². The molecule has 3 atom stereocenters. The number of rotatable bonds is 12. The Kier molecular flexibility index (Phi) is 10.5. The molecule has 3 aromatic carbocycles. The van der Waals surface area contributed by atoms with Crippen molar-refractivity contribution in [1.29, 1.82) is 0 Å². The van der Waals surface area contributed by atoms with Crippen LogP contribution in [0.4, 0.5) is 0 Å². The minimum Gasteiger partial charge on any atom is -0.462 e. The second-order valence-electron chi connectivity index (χ2n) is 10.9. The van der Waals surface area contributed by atoms with Gasteiger partial charge in [0.25, 0.3) is 0 Å². The van der Waals surface area contributed by atoms with Gasteiger partial charge in [-0.1, -0.05) is 67.6 Å². The second kappa shape index (κ2) is 13.9. The third-order valence-corrected chi connectivity index (χ3v) is 9.68. The van der Waals surface area contributed by atoms with Gasteiger partial charge in [-0.2, -0.15) is 16.8 Å². The molecule has 4 rings (SSSR count). The van der Waals surface area contributed by atoms with E-state index in [2.05, 4.69) is 6.92 Å². The van der Waals surface area contributed by atoms with Crippen LogP contribution in [0.25, 0.3) is 0 Å². The van der Waals surface area contributed by atoms with Crippen LogP contribution >= 0.6 is 0 Å². The quantitative estimate of drug-likeness (QED) is 0.124. The lowest BCUT2D eigenvalue weighted by atomic mass is 9.93. The van der Waals surface area contributed by atoms with Crippen LogP contribution in [0.2, 0.25) is 0 Å². The molecular weight excluding hydrogens is 592 g/mol. The van der Waals surface area contributed by atoms with Crippen LogP contribution in [0, 0.1) is 13.8 Å². The molecule has 0 saturated carbocycles. The highest BCUT2D eigenvalue weighted by atomic mass is 32.2. The van der Waals surface area contributed by atoms with Crippen LogP contribution in [-0.2, 0) is 34.5 Å². The number of carbonyl (C=O) groups excluding carboxylic acids is 1. The molecule has 0 radical (unpaired) electrons. The predicted octanol–water partition coefficient (Wildman–Crippen LogP) is 6.57. The molecule has 0 aliphatic carbocycles. The van der Waals surface area contributed by atoms with Crippen LogP contribution in [0.15, 0.2) is 76.5 Å². The van der Waals surface area contributed by atoms with Gasteiger partial charge in [0.2, 0.25) is 0 Å². The zero-order chi connectivity index (χ0) is 31.2. The van der Waals surface area contributed by atoms with Crippen LogP contribution in [-0.4, -0.2) is 35.0 Å². The van der Waals surface area contributed by atoms with Crippen molar-refractivity contribution in [2.24, 2.45) is 0 Å². The van der Waals surface area contributed by atoms with Crippen molar-refractivity contribution in [3.05, 3.63) is 83.4 Å². The zero-order valence-corrected chi connectivity index (χ0v) is 26.4. The largest absolute Gasteiger partial charge is 0.462 e. The van der Waals surface area contributed by atoms with Gasteiger partial charge in [0.15, 0.2) is 11.5 Å². The first-order valence-corrected chi connectivity index (χ1v) is 17.2. The van der Waals surface area contributed by atoms with E-state index in [9.17, 15) is 21.6 Å². The van der Waals surface area contributed by atoms with Crippen LogP contribution in [0.1, 0.15) is 75.2 Å². The maximum atomic E-state index is 13.3. The van der Waals surface area contributed by atoms with E-state index in [1.807, 2.05) is 13.8 Å². The molecule has 0 spiro atoms. The Morgan fingerprint density at radius 1 is 0.791 bits per heavy atom. The van der Waals surface area contributed by atoms with E-state index < -0.39 is 32.3 Å². The molecule has 1 aliphatic heterocycles. The van der Waals surface area contributed by atoms with Gasteiger partial charge >= 0.3 is 26.2 Å². The molecule has 0 aromatic heterocycles. The molecule has 0 bridgehead atoms. The molecule has 0 amide bonds. The first-order valence-electron chi connectivity index (χ1n) is 14.3. The average molecular weight is 631 g/mol. The highest BCUT2D eigenvalue weighted by Crippen LogP contribution is 2.40. The molecule has 1 fully saturated rings. The van der Waals surface area contributed by atoms with Crippen molar-refractivity contribution < 1.29 is 39.5 Å². The van der Waals surface area contributed by atoms with Gasteiger partial charge in [-0.15, -0.1) is 0 Å². The second-order valence-corrected chi connectivity index (χ2v) is 13.9. The molecule has 1 saturated heterocycles. The minimum atomic E-state index is -4.36. The summed E-state index contributed by atoms with van der Waals surface area (Å²) in [5, 5.41) is 0. The number of hydrogen-bond acceptors (Lipinski definition) is 9. The normalized spacial score (nSPS) is 19.0. The predicted molar refractivity (Wildman–Crippen MR) is 161 cm³/mol. The van der Waals surface area contributed by atoms with E-state index in [1.54, 1.807) is 30.3 Å². The van der Waals surface area contributed by atoms with Crippen LogP contribution in [0.5, 0.6) is 11.5 Å². The van der Waals surface area contributed by atoms with E-state index in [0.29, 0.717) is 18.4 Å². The topological polar surface area (TPSA) is 122 Å². The number of hydrogen-bond donors (Lipinski definition) is 0. The molecule has 9 nitrogen and oxygen atoms in total. The smallest absolute Gasteiger partial charge is 0.339 e. The molecule has 232 valence electrons. The molecular formula is C32H38O9S2. The summed E-state index contributed by atoms with van der Waals surface area (Å²) in [7, 11) is -8.69. The van der Waals surface area contributed by atoms with E-state index in [1.165, 1.54) is 43.3 Å². The highest BCUT2D eigenvalue weighted by Gasteiger charge is 2.33. The van der Waals surface area contributed by atoms with Gasteiger partial charge in [0, 0.05) is 19.8 Å². The van der Waals surface area contributed by atoms with Crippen molar-refractivity contribution in [3.63, 3.8) is 0 Å². The first kappa shape index (κ1) is 32.5. The Morgan fingerprint density at radius 2 is 1.35 bits per heavy atom. The van der Waals surface area contributed by atoms with Gasteiger partial charge in [-0.25, -0.2) is 0 Å². The Balaban J connectivity index is 1.71. The molecule has 0 unspecified atom stereocenters. The molecule has 1 aliphatic rings. The van der Waals surface area contributed by atoms with Gasteiger partial charge in [-0.3, -0.25) is 4.79 Å². The summed E-state index contributed by atoms with van der Waals surface area (Å²) < 4.78 is 75.7. The van der Waals surface area contributed by atoms with Gasteiger partial charge in [0.05, 0.1) is 12.2 Å². The van der Waals surface area contributed by atoms with E-state index in [4.69, 9.17) is 17.8 Å². The summed E-state index contributed by atoms with van der Waals surface area (Å²) in [6, 6.07) is 16.5. The van der Waals surface area contributed by atoms with Crippen molar-refractivity contribution in [1.82, 2.24) is 0 Å². The Bertz CT molecular complexity index is 1610. The van der Waals surface area contributed by atoms with Crippen molar-refractivity contribution in [3.8, 4) is 11.5 Å². The zero-order valence-electron chi connectivity index (χ0n) is 24.8. The summed E-state index contributed by atoms with van der Waals surface area (Å²) in [6.07, 6.45) is 3.60. The molecule has 0 N–H and O–H groups in total. The van der Waals surface area contributed by atoms with Crippen LogP contribution < -0.4 is 8.37 Å². The molecule has 43 heavy (non-hydrogen) atoms. The van der Waals surface area contributed by atoms with Gasteiger partial charge in [0.1, 0.15) is 15.9 Å². The fraction of sp³-hybridized carbons (Fsp3) is 0.406. The van der Waals surface area contributed by atoms with Gasteiger partial charge in [-0.05, 0) is 62.2 Å². The maximum Gasteiger partial charge on any atom is 0.339 e. The Morgan fingerprint density at radius 3 is 1.88 bits per heavy atom. The average Bonchev–Trinajstić information content (AvgIpc) is 2.94. The van der Waals surface area contributed by atoms with Gasteiger partial charge < -0.3 is 17.8 Å². The number of ether oxygens (including phenoxy) is 2. The summed E-state index contributed by atoms with van der Waals surface area (Å²) in [5.74, 6) is -1.00. The van der Waals surface area contributed by atoms with Crippen molar-refractivity contribution >= 4 is 26.2 Å². The molecule has 11 heteroatoms. The lowest BCUT2D eigenvalue weighted by Gasteiger charge is -2.35. The van der Waals surface area contributed by atoms with Crippen molar-refractivity contribution in [2.75, 3.05) is 0 Å². The van der Waals surface area contributed by atoms with Crippen LogP contribution in [0.3, 0.4) is 0 Å². The lowest BCUT2D eigenvalue weighted by Crippen LogP contribution is -2.34. The fourth-order valence-corrected chi connectivity index (χ4v) is 6.80. The maximum absolute atomic E-state index is 13.3. The first-order chi connectivity index (χ1) is 20.4. The summed E-state index contributed by atoms with van der Waals surface area (Å²) in [6.45, 7) is 7.12. The number of aryl methyl sites for hydroxylation is 2. The minimum absolute atomic E-state index is 0.0933. The number of carbonyl (C=O) groups is 1. The third kappa shape index (κ3) is 8.81. The molecule has 1 heterocycles. The number of unbranched alkanes of at least 4 members (excludes halogenated alkanes) is 2. The fourth-order valence-electron chi connectivity index (χ4n) is 4.93. The van der Waals surface area contributed by atoms with E-state index >= 15 is 0 Å². The Labute approximate surface area is 254 Å². The number of esters is 1. The molecule has 3 aromatic rings. The van der Waals surface area contributed by atoms with Crippen molar-refractivity contribution in [2.45, 2.75) is 94.3 Å². The SMILES string of the molecule is CCCCC[C@H]1C[C@@H](OC(C)=O)C[C@@H](c2ccc(OS(=O)(=O)c3ccc(C)cc3)c(OS(=O)(=O)c3ccc(C)cc3)c2)O1. The van der Waals surface area contributed by atoms with E-state index in [0.717, 1.165) is 36.8 Å². The third-order valence-electron chi connectivity index (χ3n) is 7.18. The standard InChI is InChI=1S/C32H38O9S2/c1-5-6-7-8-26-20-27(38-24(4)33)21-31(39-26)25-13-18-30(40-42(34,35)28-14-9-22(2)10-15-28)32(19-25)41-43(36,37)29-16-11-23(3)12-17-29/h9-19,26-27,31H,5-8,20-21H2,1-4H3/t26-,27+,31-/m0/s1. The number of benzene rings is 3. The lowest BCUT2D eigenvalue weighted by molar-refractivity contribution is -0.160. The summed E-state index contributed by atoms with van der Waals surface area (Å²) in [4.78, 5) is 11.6. The monoisotopic (exact) mass is 630 g/mol. The summed E-state index contributed by atoms with van der Waals surface area (Å²) in [5.41, 5.74) is 2.26. The highest BCUT2D eigenvalue weighted by molar-refractivity contribution is 7.87. The summed E-state index contributed by atoms with van der Waals surface area (Å²) >= 11 is 0.